The fraction of sp³-hybridized carbons (Fsp3) is 0.857. The molecule has 1 heterocycles. The van der Waals surface area contributed by atoms with Crippen molar-refractivity contribution >= 4 is 11.8 Å². The summed E-state index contributed by atoms with van der Waals surface area (Å²) in [6, 6.07) is 0. The van der Waals surface area contributed by atoms with Crippen molar-refractivity contribution in [1.29, 1.82) is 0 Å². The third-order valence-electron chi connectivity index (χ3n) is 4.24. The number of hydrogen-bond acceptors (Lipinski definition) is 4. The maximum atomic E-state index is 12.1. The van der Waals surface area contributed by atoms with Gasteiger partial charge in [0.1, 0.15) is 0 Å². The van der Waals surface area contributed by atoms with Gasteiger partial charge in [0, 0.05) is 39.9 Å². The first kappa shape index (κ1) is 15.3. The van der Waals surface area contributed by atoms with Gasteiger partial charge in [0.2, 0.25) is 0 Å². The topological polar surface area (TPSA) is 70.7 Å². The second-order valence-electron chi connectivity index (χ2n) is 5.82. The molecule has 0 radical (unpaired) electrons. The van der Waals surface area contributed by atoms with Crippen LogP contribution in [0.15, 0.2) is 0 Å². The van der Waals surface area contributed by atoms with Crippen LogP contribution in [0.1, 0.15) is 25.7 Å². The largest absolute Gasteiger partial charge is 0.385 e. The van der Waals surface area contributed by atoms with Gasteiger partial charge in [-0.3, -0.25) is 9.59 Å². The Balaban J connectivity index is 1.75. The molecule has 1 saturated heterocycles. The molecule has 114 valence electrons. The average Bonchev–Trinajstić information content (AvgIpc) is 3.26. The molecule has 2 rings (SSSR count). The van der Waals surface area contributed by atoms with Crippen molar-refractivity contribution in [2.24, 2.45) is 5.41 Å². The van der Waals surface area contributed by atoms with Crippen molar-refractivity contribution < 1.29 is 14.3 Å². The summed E-state index contributed by atoms with van der Waals surface area (Å²) in [5, 5.41) is 6.03. The van der Waals surface area contributed by atoms with Gasteiger partial charge in [0.25, 0.3) is 0 Å². The van der Waals surface area contributed by atoms with E-state index in [0.29, 0.717) is 26.2 Å². The Bertz CT molecular complexity index is 348. The van der Waals surface area contributed by atoms with Crippen molar-refractivity contribution in [2.75, 3.05) is 46.4 Å². The standard InChI is InChI=1S/C14H25N3O3/c1-20-10-5-14(3-4-14)11-16-12(18)13(19)17-8-2-6-15-7-9-17/h15H,2-11H2,1H3,(H,16,18). The summed E-state index contributed by atoms with van der Waals surface area (Å²) in [5.41, 5.74) is 0.173. The van der Waals surface area contributed by atoms with E-state index in [1.54, 1.807) is 12.0 Å². The predicted molar refractivity (Wildman–Crippen MR) is 75.2 cm³/mol. The third kappa shape index (κ3) is 4.18. The Labute approximate surface area is 120 Å². The van der Waals surface area contributed by atoms with Gasteiger partial charge >= 0.3 is 11.8 Å². The molecule has 0 aromatic heterocycles. The molecule has 1 saturated carbocycles. The number of amides is 2. The Kier molecular flexibility index (Phi) is 5.37. The van der Waals surface area contributed by atoms with E-state index in [4.69, 9.17) is 4.74 Å². The Hall–Kier alpha value is -1.14. The first-order chi connectivity index (χ1) is 9.67. The second-order valence-corrected chi connectivity index (χ2v) is 5.82. The lowest BCUT2D eigenvalue weighted by Crippen LogP contribution is -2.45. The molecule has 0 spiro atoms. The molecule has 1 aliphatic heterocycles. The number of hydrogen-bond donors (Lipinski definition) is 2. The van der Waals surface area contributed by atoms with E-state index < -0.39 is 11.8 Å². The number of ether oxygens (including phenoxy) is 1. The molecule has 0 atom stereocenters. The average molecular weight is 283 g/mol. The van der Waals surface area contributed by atoms with Gasteiger partial charge in [-0.05, 0) is 37.6 Å². The molecule has 6 heteroatoms. The van der Waals surface area contributed by atoms with Gasteiger partial charge in [0.15, 0.2) is 0 Å². The normalized spacial score (nSPS) is 21.1. The molecule has 2 N–H and O–H groups in total. The quantitative estimate of drug-likeness (QED) is 0.682. The van der Waals surface area contributed by atoms with Crippen LogP contribution in [0.2, 0.25) is 0 Å². The molecular weight excluding hydrogens is 258 g/mol. The SMILES string of the molecule is COCCC1(CNC(=O)C(=O)N2CCCNCC2)CC1. The first-order valence-corrected chi connectivity index (χ1v) is 7.44. The van der Waals surface area contributed by atoms with Crippen molar-refractivity contribution in [3.05, 3.63) is 0 Å². The van der Waals surface area contributed by atoms with Crippen molar-refractivity contribution in [2.45, 2.75) is 25.7 Å². The lowest BCUT2D eigenvalue weighted by Gasteiger charge is -2.20. The van der Waals surface area contributed by atoms with E-state index >= 15 is 0 Å². The van der Waals surface area contributed by atoms with Crippen LogP contribution < -0.4 is 10.6 Å². The summed E-state index contributed by atoms with van der Waals surface area (Å²) in [7, 11) is 1.69. The van der Waals surface area contributed by atoms with Gasteiger partial charge < -0.3 is 20.3 Å². The molecule has 2 fully saturated rings. The van der Waals surface area contributed by atoms with Crippen molar-refractivity contribution in [3.8, 4) is 0 Å². The molecule has 0 aromatic carbocycles. The minimum Gasteiger partial charge on any atom is -0.385 e. The van der Waals surface area contributed by atoms with Crippen LogP contribution in [-0.2, 0) is 14.3 Å². The Morgan fingerprint density at radius 3 is 2.80 bits per heavy atom. The van der Waals surface area contributed by atoms with E-state index in [1.165, 1.54) is 0 Å². The molecule has 2 amide bonds. The Morgan fingerprint density at radius 1 is 1.30 bits per heavy atom. The highest BCUT2D eigenvalue weighted by molar-refractivity contribution is 6.35. The number of carbonyl (C=O) groups is 2. The smallest absolute Gasteiger partial charge is 0.311 e. The molecular formula is C14H25N3O3. The van der Waals surface area contributed by atoms with Gasteiger partial charge in [-0.15, -0.1) is 0 Å². The summed E-state index contributed by atoms with van der Waals surface area (Å²) in [4.78, 5) is 25.7. The fourth-order valence-electron chi connectivity index (χ4n) is 2.55. The summed E-state index contributed by atoms with van der Waals surface area (Å²) in [6.45, 7) is 4.24. The van der Waals surface area contributed by atoms with Gasteiger partial charge in [-0.25, -0.2) is 0 Å². The first-order valence-electron chi connectivity index (χ1n) is 7.44. The highest BCUT2D eigenvalue weighted by Gasteiger charge is 2.42. The monoisotopic (exact) mass is 283 g/mol. The molecule has 0 unspecified atom stereocenters. The van der Waals surface area contributed by atoms with Gasteiger partial charge in [-0.1, -0.05) is 0 Å². The highest BCUT2D eigenvalue weighted by atomic mass is 16.5. The van der Waals surface area contributed by atoms with Crippen LogP contribution in [0.3, 0.4) is 0 Å². The third-order valence-corrected chi connectivity index (χ3v) is 4.24. The van der Waals surface area contributed by atoms with E-state index in [1.807, 2.05) is 0 Å². The maximum absolute atomic E-state index is 12.1. The molecule has 0 bridgehead atoms. The number of carbonyl (C=O) groups excluding carboxylic acids is 2. The van der Waals surface area contributed by atoms with E-state index in [9.17, 15) is 9.59 Å². The van der Waals surface area contributed by atoms with Crippen LogP contribution in [0.5, 0.6) is 0 Å². The van der Waals surface area contributed by atoms with Gasteiger partial charge in [-0.2, -0.15) is 0 Å². The summed E-state index contributed by atoms with van der Waals surface area (Å²) >= 11 is 0. The van der Waals surface area contributed by atoms with Crippen molar-refractivity contribution in [1.82, 2.24) is 15.5 Å². The molecule has 20 heavy (non-hydrogen) atoms. The summed E-state index contributed by atoms with van der Waals surface area (Å²) < 4.78 is 5.09. The van der Waals surface area contributed by atoms with Crippen molar-refractivity contribution in [3.63, 3.8) is 0 Å². The molecule has 0 aromatic rings. The minimum absolute atomic E-state index is 0.173. The van der Waals surface area contributed by atoms with E-state index in [0.717, 1.165) is 38.8 Å². The lowest BCUT2D eigenvalue weighted by atomic mass is 10.0. The van der Waals surface area contributed by atoms with Crippen LogP contribution in [0.25, 0.3) is 0 Å². The van der Waals surface area contributed by atoms with Crippen LogP contribution >= 0.6 is 0 Å². The van der Waals surface area contributed by atoms with Crippen LogP contribution in [-0.4, -0.2) is 63.2 Å². The molecule has 2 aliphatic rings. The predicted octanol–water partition coefficient (Wildman–Crippen LogP) is -0.259. The second kappa shape index (κ2) is 7.04. The zero-order valence-electron chi connectivity index (χ0n) is 12.2. The number of nitrogens with zero attached hydrogens (tertiary/aromatic N) is 1. The maximum Gasteiger partial charge on any atom is 0.311 e. The zero-order valence-corrected chi connectivity index (χ0v) is 12.2. The van der Waals surface area contributed by atoms with Gasteiger partial charge in [0.05, 0.1) is 0 Å². The van der Waals surface area contributed by atoms with E-state index in [2.05, 4.69) is 10.6 Å². The lowest BCUT2D eigenvalue weighted by molar-refractivity contribution is -0.145. The fourth-order valence-corrected chi connectivity index (χ4v) is 2.55. The van der Waals surface area contributed by atoms with E-state index in [-0.39, 0.29) is 5.41 Å². The Morgan fingerprint density at radius 2 is 2.10 bits per heavy atom. The number of methoxy groups -OCH3 is 1. The number of rotatable bonds is 5. The highest BCUT2D eigenvalue weighted by Crippen LogP contribution is 2.48. The zero-order chi connectivity index (χ0) is 14.4. The summed E-state index contributed by atoms with van der Waals surface area (Å²) in [6.07, 6.45) is 4.07. The molecule has 6 nitrogen and oxygen atoms in total. The minimum atomic E-state index is -0.462. The molecule has 1 aliphatic carbocycles. The van der Waals surface area contributed by atoms with Crippen LogP contribution in [0.4, 0.5) is 0 Å². The van der Waals surface area contributed by atoms with Crippen LogP contribution in [0, 0.1) is 5.41 Å². The number of nitrogens with one attached hydrogen (secondary N) is 2. The summed E-state index contributed by atoms with van der Waals surface area (Å²) in [5.74, 6) is -0.855.